The van der Waals surface area contributed by atoms with E-state index in [1.165, 1.54) is 20.5 Å². The molecule has 0 amide bonds. The van der Waals surface area contributed by atoms with Gasteiger partial charge in [0.05, 0.1) is 0 Å². The van der Waals surface area contributed by atoms with Gasteiger partial charge in [0.1, 0.15) is 0 Å². The van der Waals surface area contributed by atoms with Crippen molar-refractivity contribution in [3.05, 3.63) is 39.9 Å². The van der Waals surface area contributed by atoms with Gasteiger partial charge in [0.15, 0.2) is 0 Å². The molecule has 0 heterocycles. The SMILES string of the molecule is CSC1=CCc2cccc(Br)c21. The highest BCUT2D eigenvalue weighted by Gasteiger charge is 2.15. The van der Waals surface area contributed by atoms with Crippen LogP contribution in [0.4, 0.5) is 0 Å². The molecular formula is C10H9BrS. The normalized spacial score (nSPS) is 14.3. The summed E-state index contributed by atoms with van der Waals surface area (Å²) in [5.74, 6) is 0. The molecule has 0 aromatic heterocycles. The number of halogens is 1. The fourth-order valence-corrected chi connectivity index (χ4v) is 2.95. The molecule has 1 aliphatic rings. The van der Waals surface area contributed by atoms with E-state index in [4.69, 9.17) is 0 Å². The number of fused-ring (bicyclic) bond motifs is 1. The molecule has 0 bridgehead atoms. The Hall–Kier alpha value is -0.210. The zero-order valence-corrected chi connectivity index (χ0v) is 9.21. The van der Waals surface area contributed by atoms with Crippen molar-refractivity contribution in [2.24, 2.45) is 0 Å². The first-order valence-corrected chi connectivity index (χ1v) is 5.86. The second kappa shape index (κ2) is 3.27. The Balaban J connectivity index is 2.57. The van der Waals surface area contributed by atoms with Crippen molar-refractivity contribution in [1.82, 2.24) is 0 Å². The van der Waals surface area contributed by atoms with Crippen LogP contribution in [0.5, 0.6) is 0 Å². The molecule has 2 rings (SSSR count). The van der Waals surface area contributed by atoms with Crippen LogP contribution in [0, 0.1) is 0 Å². The lowest BCUT2D eigenvalue weighted by Gasteiger charge is -2.04. The lowest BCUT2D eigenvalue weighted by atomic mass is 10.1. The molecule has 62 valence electrons. The first-order valence-electron chi connectivity index (χ1n) is 3.85. The Kier molecular flexibility index (Phi) is 2.28. The van der Waals surface area contributed by atoms with Gasteiger partial charge in [-0.25, -0.2) is 0 Å². The molecule has 0 fully saturated rings. The molecule has 12 heavy (non-hydrogen) atoms. The zero-order valence-electron chi connectivity index (χ0n) is 6.80. The predicted molar refractivity (Wildman–Crippen MR) is 59.3 cm³/mol. The van der Waals surface area contributed by atoms with Crippen molar-refractivity contribution < 1.29 is 0 Å². The van der Waals surface area contributed by atoms with E-state index in [1.807, 2.05) is 11.8 Å². The lowest BCUT2D eigenvalue weighted by molar-refractivity contribution is 1.30. The van der Waals surface area contributed by atoms with Crippen molar-refractivity contribution in [2.75, 3.05) is 6.26 Å². The minimum atomic E-state index is 1.09. The number of hydrogen-bond donors (Lipinski definition) is 0. The third-order valence-corrected chi connectivity index (χ3v) is 3.55. The molecule has 0 N–H and O–H groups in total. The Morgan fingerprint density at radius 1 is 1.42 bits per heavy atom. The molecule has 2 heteroatoms. The third-order valence-electron chi connectivity index (χ3n) is 2.07. The van der Waals surface area contributed by atoms with Crippen LogP contribution in [-0.4, -0.2) is 6.26 Å². The standard InChI is InChI=1S/C10H9BrS/c1-12-9-6-5-7-3-2-4-8(11)10(7)9/h2-4,6H,5H2,1H3. The van der Waals surface area contributed by atoms with Crippen molar-refractivity contribution >= 4 is 32.6 Å². The minimum Gasteiger partial charge on any atom is -0.129 e. The van der Waals surface area contributed by atoms with Crippen LogP contribution in [0.1, 0.15) is 11.1 Å². The summed E-state index contributed by atoms with van der Waals surface area (Å²) in [5.41, 5.74) is 2.83. The maximum atomic E-state index is 3.57. The molecule has 1 aromatic rings. The lowest BCUT2D eigenvalue weighted by Crippen LogP contribution is -1.83. The summed E-state index contributed by atoms with van der Waals surface area (Å²) >= 11 is 5.39. The fourth-order valence-electron chi connectivity index (χ4n) is 1.50. The summed E-state index contributed by atoms with van der Waals surface area (Å²) in [4.78, 5) is 1.40. The van der Waals surface area contributed by atoms with Crippen LogP contribution >= 0.6 is 27.7 Å². The van der Waals surface area contributed by atoms with Gasteiger partial charge in [0.2, 0.25) is 0 Å². The average molecular weight is 241 g/mol. The van der Waals surface area contributed by atoms with E-state index in [0.29, 0.717) is 0 Å². The van der Waals surface area contributed by atoms with Crippen LogP contribution in [0.3, 0.4) is 0 Å². The topological polar surface area (TPSA) is 0 Å². The van der Waals surface area contributed by atoms with Crippen LogP contribution in [0.2, 0.25) is 0 Å². The van der Waals surface area contributed by atoms with E-state index in [0.717, 1.165) is 6.42 Å². The quantitative estimate of drug-likeness (QED) is 0.722. The smallest absolute Gasteiger partial charge is 0.0261 e. The van der Waals surface area contributed by atoms with E-state index in [9.17, 15) is 0 Å². The number of hydrogen-bond acceptors (Lipinski definition) is 1. The Labute approximate surface area is 85.2 Å². The summed E-state index contributed by atoms with van der Waals surface area (Å²) in [6.07, 6.45) is 5.51. The van der Waals surface area contributed by atoms with E-state index in [1.54, 1.807) is 0 Å². The van der Waals surface area contributed by atoms with E-state index in [-0.39, 0.29) is 0 Å². The summed E-state index contributed by atoms with van der Waals surface area (Å²) in [6, 6.07) is 6.40. The van der Waals surface area contributed by atoms with Gasteiger partial charge in [-0.15, -0.1) is 11.8 Å². The van der Waals surface area contributed by atoms with Crippen LogP contribution in [0.25, 0.3) is 4.91 Å². The molecule has 0 nitrogen and oxygen atoms in total. The van der Waals surface area contributed by atoms with Gasteiger partial charge in [-0.2, -0.15) is 0 Å². The molecule has 1 aromatic carbocycles. The molecule has 0 spiro atoms. The van der Waals surface area contributed by atoms with Gasteiger partial charge in [-0.1, -0.05) is 34.1 Å². The van der Waals surface area contributed by atoms with E-state index < -0.39 is 0 Å². The van der Waals surface area contributed by atoms with Gasteiger partial charge in [0.25, 0.3) is 0 Å². The Morgan fingerprint density at radius 3 is 3.00 bits per heavy atom. The van der Waals surface area contributed by atoms with Gasteiger partial charge in [0, 0.05) is 14.9 Å². The average Bonchev–Trinajstić information content (AvgIpc) is 2.49. The highest BCUT2D eigenvalue weighted by Crippen LogP contribution is 2.38. The summed E-state index contributed by atoms with van der Waals surface area (Å²) in [6.45, 7) is 0. The van der Waals surface area contributed by atoms with Crippen LogP contribution < -0.4 is 0 Å². The van der Waals surface area contributed by atoms with E-state index in [2.05, 4.69) is 46.5 Å². The maximum absolute atomic E-state index is 3.57. The second-order valence-corrected chi connectivity index (χ2v) is 4.45. The van der Waals surface area contributed by atoms with Crippen molar-refractivity contribution in [3.8, 4) is 0 Å². The third kappa shape index (κ3) is 1.23. The van der Waals surface area contributed by atoms with Gasteiger partial charge >= 0.3 is 0 Å². The maximum Gasteiger partial charge on any atom is 0.0261 e. The Bertz CT molecular complexity index is 342. The number of benzene rings is 1. The first-order chi connectivity index (χ1) is 5.83. The number of thioether (sulfide) groups is 1. The minimum absolute atomic E-state index is 1.09. The second-order valence-electron chi connectivity index (χ2n) is 2.75. The van der Waals surface area contributed by atoms with Crippen molar-refractivity contribution in [1.29, 1.82) is 0 Å². The molecule has 0 saturated carbocycles. The van der Waals surface area contributed by atoms with Gasteiger partial charge in [-0.05, 0) is 24.3 Å². The summed E-state index contributed by atoms with van der Waals surface area (Å²) in [7, 11) is 0. The molecule has 0 saturated heterocycles. The molecule has 1 aliphatic carbocycles. The van der Waals surface area contributed by atoms with Crippen LogP contribution in [-0.2, 0) is 6.42 Å². The first kappa shape index (κ1) is 8.39. The number of rotatable bonds is 1. The molecule has 0 unspecified atom stereocenters. The van der Waals surface area contributed by atoms with Crippen molar-refractivity contribution in [3.63, 3.8) is 0 Å². The fraction of sp³-hybridized carbons (Fsp3) is 0.200. The Morgan fingerprint density at radius 2 is 2.25 bits per heavy atom. The highest BCUT2D eigenvalue weighted by molar-refractivity contribution is 9.10. The van der Waals surface area contributed by atoms with Gasteiger partial charge < -0.3 is 0 Å². The number of allylic oxidation sites excluding steroid dienone is 1. The largest absolute Gasteiger partial charge is 0.129 e. The monoisotopic (exact) mass is 240 g/mol. The molecule has 0 aliphatic heterocycles. The highest BCUT2D eigenvalue weighted by atomic mass is 79.9. The van der Waals surface area contributed by atoms with Gasteiger partial charge in [-0.3, -0.25) is 0 Å². The summed E-state index contributed by atoms with van der Waals surface area (Å²) in [5, 5.41) is 0. The van der Waals surface area contributed by atoms with Crippen molar-refractivity contribution in [2.45, 2.75) is 6.42 Å². The zero-order chi connectivity index (χ0) is 8.55. The molecule has 0 radical (unpaired) electrons. The van der Waals surface area contributed by atoms with Crippen LogP contribution in [0.15, 0.2) is 28.7 Å². The van der Waals surface area contributed by atoms with E-state index >= 15 is 0 Å². The molecule has 0 atom stereocenters. The predicted octanol–water partition coefficient (Wildman–Crippen LogP) is 3.71. The summed E-state index contributed by atoms with van der Waals surface area (Å²) < 4.78 is 1.22. The molecular weight excluding hydrogens is 232 g/mol.